The van der Waals surface area contributed by atoms with Gasteiger partial charge >= 0.3 is 0 Å². The molecule has 0 bridgehead atoms. The summed E-state index contributed by atoms with van der Waals surface area (Å²) in [5.41, 5.74) is 3.91. The molecule has 1 aromatic carbocycles. The van der Waals surface area contributed by atoms with Gasteiger partial charge in [0.15, 0.2) is 5.65 Å². The minimum absolute atomic E-state index is 0.106. The Labute approximate surface area is 212 Å². The van der Waals surface area contributed by atoms with E-state index in [4.69, 9.17) is 4.98 Å². The summed E-state index contributed by atoms with van der Waals surface area (Å²) >= 11 is 1.57. The first kappa shape index (κ1) is 23.4. The summed E-state index contributed by atoms with van der Waals surface area (Å²) < 4.78 is 1.83. The van der Waals surface area contributed by atoms with Crippen molar-refractivity contribution in [1.29, 1.82) is 0 Å². The van der Waals surface area contributed by atoms with Crippen LogP contribution in [0.3, 0.4) is 0 Å². The van der Waals surface area contributed by atoms with E-state index in [2.05, 4.69) is 20.7 Å². The van der Waals surface area contributed by atoms with E-state index in [0.717, 1.165) is 16.1 Å². The number of aromatic nitrogens is 4. The van der Waals surface area contributed by atoms with Gasteiger partial charge in [-0.15, -0.1) is 11.3 Å². The third-order valence-electron chi connectivity index (χ3n) is 5.64. The smallest absolute Gasteiger partial charge is 0.257 e. The van der Waals surface area contributed by atoms with Gasteiger partial charge in [-0.25, -0.2) is 9.67 Å². The van der Waals surface area contributed by atoms with Gasteiger partial charge in [-0.2, -0.15) is 5.10 Å². The van der Waals surface area contributed by atoms with E-state index in [1.54, 1.807) is 41.9 Å². The molecule has 0 atom stereocenters. The van der Waals surface area contributed by atoms with E-state index in [9.17, 15) is 9.59 Å². The number of nitrogens with one attached hydrogen (secondary N) is 2. The van der Waals surface area contributed by atoms with Crippen molar-refractivity contribution in [2.75, 3.05) is 5.32 Å². The second-order valence-electron chi connectivity index (χ2n) is 8.53. The molecule has 4 heterocycles. The Morgan fingerprint density at radius 1 is 1.03 bits per heavy atom. The Hall–Kier alpha value is -4.37. The van der Waals surface area contributed by atoms with E-state index in [1.165, 1.54) is 6.20 Å². The summed E-state index contributed by atoms with van der Waals surface area (Å²) in [5, 5.41) is 13.0. The van der Waals surface area contributed by atoms with Crippen LogP contribution in [0.2, 0.25) is 0 Å². The zero-order valence-corrected chi connectivity index (χ0v) is 20.6. The lowest BCUT2D eigenvalue weighted by atomic mass is 10.1. The molecule has 4 aromatic heterocycles. The minimum atomic E-state index is -0.244. The third-order valence-corrected chi connectivity index (χ3v) is 6.53. The van der Waals surface area contributed by atoms with Gasteiger partial charge in [-0.1, -0.05) is 18.2 Å². The maximum atomic E-state index is 13.3. The van der Waals surface area contributed by atoms with Crippen molar-refractivity contribution in [1.82, 2.24) is 25.1 Å². The van der Waals surface area contributed by atoms with Gasteiger partial charge in [0.25, 0.3) is 11.8 Å². The monoisotopic (exact) mass is 496 g/mol. The molecule has 5 aromatic rings. The molecule has 8 nitrogen and oxygen atoms in total. The van der Waals surface area contributed by atoms with Crippen LogP contribution >= 0.6 is 11.3 Å². The average molecular weight is 497 g/mol. The van der Waals surface area contributed by atoms with Crippen LogP contribution < -0.4 is 10.6 Å². The first-order chi connectivity index (χ1) is 17.5. The second kappa shape index (κ2) is 10.1. The first-order valence-electron chi connectivity index (χ1n) is 11.5. The number of rotatable bonds is 7. The Morgan fingerprint density at radius 3 is 2.67 bits per heavy atom. The summed E-state index contributed by atoms with van der Waals surface area (Å²) in [7, 11) is 0. The zero-order valence-electron chi connectivity index (χ0n) is 19.8. The number of amides is 2. The van der Waals surface area contributed by atoms with E-state index in [-0.39, 0.29) is 17.9 Å². The van der Waals surface area contributed by atoms with Gasteiger partial charge in [0.1, 0.15) is 0 Å². The summed E-state index contributed by atoms with van der Waals surface area (Å²) in [6, 6.07) is 16.7. The summed E-state index contributed by atoms with van der Waals surface area (Å²) in [6.45, 7) is 4.36. The van der Waals surface area contributed by atoms with Crippen LogP contribution in [0.5, 0.6) is 0 Å². The van der Waals surface area contributed by atoms with Crippen molar-refractivity contribution >= 4 is 39.9 Å². The van der Waals surface area contributed by atoms with Gasteiger partial charge in [0.2, 0.25) is 0 Å². The Kier molecular flexibility index (Phi) is 6.55. The van der Waals surface area contributed by atoms with Crippen molar-refractivity contribution in [3.8, 4) is 10.6 Å². The fourth-order valence-corrected chi connectivity index (χ4v) is 4.56. The SMILES string of the molecule is CC(C)n1ncc2c(C(=O)NCc3cccc(NC(=O)c4cccnc4)c3)cc(-c3cccs3)nc21. The van der Waals surface area contributed by atoms with E-state index in [1.807, 2.05) is 60.3 Å². The number of anilines is 1. The maximum absolute atomic E-state index is 13.3. The molecule has 2 N–H and O–H groups in total. The third kappa shape index (κ3) is 4.87. The highest BCUT2D eigenvalue weighted by molar-refractivity contribution is 7.13. The summed E-state index contributed by atoms with van der Waals surface area (Å²) in [5.74, 6) is -0.458. The predicted molar refractivity (Wildman–Crippen MR) is 141 cm³/mol. The highest BCUT2D eigenvalue weighted by Gasteiger charge is 2.19. The lowest BCUT2D eigenvalue weighted by molar-refractivity contribution is 0.0951. The lowest BCUT2D eigenvalue weighted by Gasteiger charge is -2.11. The molecular weight excluding hydrogens is 472 g/mol. The number of hydrogen-bond donors (Lipinski definition) is 2. The number of pyridine rings is 2. The van der Waals surface area contributed by atoms with Crippen LogP contribution in [0, 0.1) is 0 Å². The first-order valence-corrected chi connectivity index (χ1v) is 12.4. The van der Waals surface area contributed by atoms with Crippen molar-refractivity contribution in [2.45, 2.75) is 26.4 Å². The van der Waals surface area contributed by atoms with Gasteiger partial charge < -0.3 is 10.6 Å². The zero-order chi connectivity index (χ0) is 25.1. The standard InChI is InChI=1S/C27H24N6O2S/c1-17(2)33-25-22(16-30-33)21(13-23(32-25)24-9-5-11-36-24)27(35)29-14-18-6-3-8-20(12-18)31-26(34)19-7-4-10-28-15-19/h3-13,15-17H,14H2,1-2H3,(H,29,35)(H,31,34). The molecule has 0 fully saturated rings. The molecular formula is C27H24N6O2S. The second-order valence-corrected chi connectivity index (χ2v) is 9.48. The largest absolute Gasteiger partial charge is 0.348 e. The quantitative estimate of drug-likeness (QED) is 0.318. The molecule has 2 amide bonds. The summed E-state index contributed by atoms with van der Waals surface area (Å²) in [6.07, 6.45) is 4.83. The number of thiophene rings is 1. The Bertz CT molecular complexity index is 1530. The van der Waals surface area contributed by atoms with Crippen molar-refractivity contribution in [3.05, 3.63) is 95.3 Å². The molecule has 0 aliphatic heterocycles. The van der Waals surface area contributed by atoms with Crippen molar-refractivity contribution in [2.24, 2.45) is 0 Å². The van der Waals surface area contributed by atoms with Gasteiger partial charge in [0.05, 0.1) is 33.3 Å². The van der Waals surface area contributed by atoms with Crippen molar-refractivity contribution in [3.63, 3.8) is 0 Å². The normalized spacial score (nSPS) is 11.1. The van der Waals surface area contributed by atoms with Crippen LogP contribution in [0.25, 0.3) is 21.6 Å². The molecule has 0 unspecified atom stereocenters. The molecule has 180 valence electrons. The molecule has 9 heteroatoms. The number of hydrogen-bond acceptors (Lipinski definition) is 6. The molecule has 0 saturated heterocycles. The topological polar surface area (TPSA) is 102 Å². The van der Waals surface area contributed by atoms with Crippen LogP contribution in [-0.4, -0.2) is 31.6 Å². The number of fused-ring (bicyclic) bond motifs is 1. The summed E-state index contributed by atoms with van der Waals surface area (Å²) in [4.78, 5) is 35.6. The minimum Gasteiger partial charge on any atom is -0.348 e. The fraction of sp³-hybridized carbons (Fsp3) is 0.148. The van der Waals surface area contributed by atoms with E-state index < -0.39 is 0 Å². The molecule has 0 radical (unpaired) electrons. The highest BCUT2D eigenvalue weighted by Crippen LogP contribution is 2.29. The van der Waals surface area contributed by atoms with E-state index in [0.29, 0.717) is 34.4 Å². The van der Waals surface area contributed by atoms with E-state index >= 15 is 0 Å². The van der Waals surface area contributed by atoms with Crippen LogP contribution in [0.4, 0.5) is 5.69 Å². The lowest BCUT2D eigenvalue weighted by Crippen LogP contribution is -2.23. The van der Waals surface area contributed by atoms with Crippen LogP contribution in [-0.2, 0) is 6.54 Å². The molecule has 5 rings (SSSR count). The fourth-order valence-electron chi connectivity index (χ4n) is 3.87. The number of benzene rings is 1. The number of carbonyl (C=O) groups excluding carboxylic acids is 2. The van der Waals surface area contributed by atoms with Crippen molar-refractivity contribution < 1.29 is 9.59 Å². The van der Waals surface area contributed by atoms with Gasteiger partial charge in [0, 0.05) is 30.7 Å². The molecule has 0 saturated carbocycles. The van der Waals surface area contributed by atoms with Gasteiger partial charge in [-0.3, -0.25) is 14.6 Å². The predicted octanol–water partition coefficient (Wildman–Crippen LogP) is 5.32. The van der Waals surface area contributed by atoms with Gasteiger partial charge in [-0.05, 0) is 61.2 Å². The maximum Gasteiger partial charge on any atom is 0.257 e. The van der Waals surface area contributed by atoms with Crippen LogP contribution in [0.1, 0.15) is 46.2 Å². The number of carbonyl (C=O) groups is 2. The number of nitrogens with zero attached hydrogens (tertiary/aromatic N) is 4. The molecule has 36 heavy (non-hydrogen) atoms. The molecule has 0 aliphatic carbocycles. The molecule has 0 aliphatic rings. The highest BCUT2D eigenvalue weighted by atomic mass is 32.1. The van der Waals surface area contributed by atoms with Crippen LogP contribution in [0.15, 0.2) is 78.6 Å². The Balaban J connectivity index is 1.37. The molecule has 0 spiro atoms. The Morgan fingerprint density at radius 2 is 1.92 bits per heavy atom. The average Bonchev–Trinajstić information content (AvgIpc) is 3.58.